The number of carbonyl (C=O) groups excluding carboxylic acids is 1. The number of hydrogen-bond acceptors (Lipinski definition) is 6. The monoisotopic (exact) mass is 391 g/mol. The highest BCUT2D eigenvalue weighted by Crippen LogP contribution is 2.34. The van der Waals surface area contributed by atoms with E-state index in [-0.39, 0.29) is 37.9 Å². The number of ether oxygens (including phenoxy) is 2. The van der Waals surface area contributed by atoms with Crippen LogP contribution in [0.4, 0.5) is 0 Å². The van der Waals surface area contributed by atoms with E-state index in [0.29, 0.717) is 11.3 Å². The number of para-hydroxylation sites is 1. The molecule has 2 saturated heterocycles. The van der Waals surface area contributed by atoms with Crippen molar-refractivity contribution in [2.45, 2.75) is 17.4 Å². The number of nitrogens with zero attached hydrogens (tertiary/aromatic N) is 3. The highest BCUT2D eigenvalue weighted by Gasteiger charge is 2.54. The maximum absolute atomic E-state index is 12.7. The third-order valence-corrected chi connectivity index (χ3v) is 7.31. The molecule has 1 aromatic heterocycles. The zero-order valence-electron chi connectivity index (χ0n) is 14.9. The van der Waals surface area contributed by atoms with E-state index < -0.39 is 20.7 Å². The maximum atomic E-state index is 12.7. The molecule has 144 valence electrons. The van der Waals surface area contributed by atoms with E-state index in [0.717, 1.165) is 0 Å². The Balaban J connectivity index is 1.42. The first-order valence-corrected chi connectivity index (χ1v) is 10.4. The van der Waals surface area contributed by atoms with Crippen molar-refractivity contribution < 1.29 is 22.7 Å². The summed E-state index contributed by atoms with van der Waals surface area (Å²) < 4.78 is 38.2. The lowest BCUT2D eigenvalue weighted by Gasteiger charge is -2.52. The van der Waals surface area contributed by atoms with E-state index in [1.165, 1.54) is 7.11 Å². The Morgan fingerprint density at radius 1 is 1.33 bits per heavy atom. The molecule has 27 heavy (non-hydrogen) atoms. The lowest BCUT2D eigenvalue weighted by molar-refractivity contribution is -0.121. The molecule has 0 radical (unpaired) electrons. The topological polar surface area (TPSA) is 90.7 Å². The molecule has 1 spiro atoms. The number of carbonyl (C=O) groups is 1. The third-order valence-electron chi connectivity index (χ3n) is 5.08. The van der Waals surface area contributed by atoms with Crippen LogP contribution in [0.5, 0.6) is 5.75 Å². The van der Waals surface area contributed by atoms with Crippen LogP contribution in [-0.2, 0) is 21.1 Å². The largest absolute Gasteiger partial charge is 0.496 e. The molecule has 4 rings (SSSR count). The third kappa shape index (κ3) is 3.32. The molecule has 0 bridgehead atoms. The molecule has 8 nitrogen and oxygen atoms in total. The fourth-order valence-electron chi connectivity index (χ4n) is 3.65. The van der Waals surface area contributed by atoms with Gasteiger partial charge in [-0.15, -0.1) is 0 Å². The van der Waals surface area contributed by atoms with Crippen molar-refractivity contribution in [2.75, 3.05) is 32.6 Å². The lowest BCUT2D eigenvalue weighted by atomic mass is 9.94. The zero-order chi connectivity index (χ0) is 19.1. The van der Waals surface area contributed by atoms with Crippen molar-refractivity contribution in [3.63, 3.8) is 0 Å². The number of methoxy groups -OCH3 is 1. The SMILES string of the molecule is COc1ccccc1C(=O)N1CC2(C1)CS(=O)(=O)[C@@H](Cn1cccn1)CO2. The fraction of sp³-hybridized carbons (Fsp3) is 0.444. The van der Waals surface area contributed by atoms with Gasteiger partial charge in [0.05, 0.1) is 44.7 Å². The molecular weight excluding hydrogens is 370 g/mol. The summed E-state index contributed by atoms with van der Waals surface area (Å²) in [4.78, 5) is 14.3. The fourth-order valence-corrected chi connectivity index (χ4v) is 5.54. The van der Waals surface area contributed by atoms with E-state index in [1.54, 1.807) is 52.3 Å². The Labute approximate surface area is 157 Å². The summed E-state index contributed by atoms with van der Waals surface area (Å²) in [5.74, 6) is 0.236. The van der Waals surface area contributed by atoms with E-state index in [4.69, 9.17) is 9.47 Å². The highest BCUT2D eigenvalue weighted by atomic mass is 32.2. The van der Waals surface area contributed by atoms with E-state index in [2.05, 4.69) is 5.10 Å². The molecule has 0 aliphatic carbocycles. The number of sulfone groups is 1. The van der Waals surface area contributed by atoms with Crippen LogP contribution in [-0.4, -0.2) is 72.4 Å². The van der Waals surface area contributed by atoms with Crippen LogP contribution in [0.25, 0.3) is 0 Å². The van der Waals surface area contributed by atoms with Crippen molar-refractivity contribution in [2.24, 2.45) is 0 Å². The van der Waals surface area contributed by atoms with Gasteiger partial charge < -0.3 is 14.4 Å². The smallest absolute Gasteiger partial charge is 0.257 e. The molecule has 2 fully saturated rings. The number of rotatable bonds is 4. The van der Waals surface area contributed by atoms with Gasteiger partial charge in [0.1, 0.15) is 16.6 Å². The summed E-state index contributed by atoms with van der Waals surface area (Å²) in [7, 11) is -1.83. The average molecular weight is 391 g/mol. The van der Waals surface area contributed by atoms with Gasteiger partial charge in [-0.1, -0.05) is 12.1 Å². The van der Waals surface area contributed by atoms with Crippen molar-refractivity contribution >= 4 is 15.7 Å². The summed E-state index contributed by atoms with van der Waals surface area (Å²) >= 11 is 0. The molecule has 2 aliphatic heterocycles. The van der Waals surface area contributed by atoms with Crippen LogP contribution in [0, 0.1) is 0 Å². The summed E-state index contributed by atoms with van der Waals surface area (Å²) in [5, 5.41) is 3.44. The van der Waals surface area contributed by atoms with Crippen LogP contribution in [0.15, 0.2) is 42.7 Å². The van der Waals surface area contributed by atoms with Crippen molar-refractivity contribution in [1.29, 1.82) is 0 Å². The molecule has 0 saturated carbocycles. The second kappa shape index (κ2) is 6.65. The summed E-state index contributed by atoms with van der Waals surface area (Å²) in [6, 6.07) is 8.75. The minimum absolute atomic E-state index is 0.0817. The minimum Gasteiger partial charge on any atom is -0.496 e. The van der Waals surface area contributed by atoms with Gasteiger partial charge in [0.15, 0.2) is 9.84 Å². The normalized spacial score (nSPS) is 23.0. The first-order valence-electron chi connectivity index (χ1n) is 8.68. The predicted octanol–water partition coefficient (Wildman–Crippen LogP) is 0.600. The molecule has 1 aromatic carbocycles. The second-order valence-corrected chi connectivity index (χ2v) is 9.29. The Bertz CT molecular complexity index is 936. The van der Waals surface area contributed by atoms with Gasteiger partial charge in [0, 0.05) is 12.4 Å². The van der Waals surface area contributed by atoms with Gasteiger partial charge in [-0.05, 0) is 18.2 Å². The van der Waals surface area contributed by atoms with Gasteiger partial charge in [-0.2, -0.15) is 5.10 Å². The summed E-state index contributed by atoms with van der Waals surface area (Å²) in [6.45, 7) is 0.906. The number of amides is 1. The first kappa shape index (κ1) is 18.0. The Hall–Kier alpha value is -2.39. The maximum Gasteiger partial charge on any atom is 0.257 e. The standard InChI is InChI=1S/C18H21N3O5S/c1-25-16-6-3-2-5-15(16)17(22)20-11-18(12-20)13-27(23,24)14(10-26-18)9-21-8-4-7-19-21/h2-8,14H,9-13H2,1H3/t14-/m0/s1. The van der Waals surface area contributed by atoms with E-state index in [1.807, 2.05) is 0 Å². The molecule has 0 N–H and O–H groups in total. The Kier molecular flexibility index (Phi) is 4.43. The first-order chi connectivity index (χ1) is 12.9. The molecule has 3 heterocycles. The van der Waals surface area contributed by atoms with Gasteiger partial charge in [0.2, 0.25) is 0 Å². The average Bonchev–Trinajstić information content (AvgIpc) is 3.14. The highest BCUT2D eigenvalue weighted by molar-refractivity contribution is 7.92. The minimum atomic E-state index is -3.34. The molecule has 0 unspecified atom stereocenters. The van der Waals surface area contributed by atoms with Crippen LogP contribution in [0.3, 0.4) is 0 Å². The van der Waals surface area contributed by atoms with Gasteiger partial charge >= 0.3 is 0 Å². The molecule has 9 heteroatoms. The number of aromatic nitrogens is 2. The van der Waals surface area contributed by atoms with Crippen molar-refractivity contribution in [1.82, 2.24) is 14.7 Å². The van der Waals surface area contributed by atoms with Gasteiger partial charge in [-0.3, -0.25) is 9.48 Å². The Morgan fingerprint density at radius 3 is 2.78 bits per heavy atom. The van der Waals surface area contributed by atoms with E-state index >= 15 is 0 Å². The summed E-state index contributed by atoms with van der Waals surface area (Å²) in [6.07, 6.45) is 3.35. The predicted molar refractivity (Wildman–Crippen MR) is 97.4 cm³/mol. The van der Waals surface area contributed by atoms with Crippen LogP contribution in [0.1, 0.15) is 10.4 Å². The Morgan fingerprint density at radius 2 is 2.11 bits per heavy atom. The van der Waals surface area contributed by atoms with Crippen LogP contribution in [0.2, 0.25) is 0 Å². The molecule has 1 amide bonds. The van der Waals surface area contributed by atoms with Gasteiger partial charge in [0.25, 0.3) is 5.91 Å². The quantitative estimate of drug-likeness (QED) is 0.758. The summed E-state index contributed by atoms with van der Waals surface area (Å²) in [5.41, 5.74) is -0.345. The van der Waals surface area contributed by atoms with Crippen LogP contribution >= 0.6 is 0 Å². The zero-order valence-corrected chi connectivity index (χ0v) is 15.8. The van der Waals surface area contributed by atoms with Gasteiger partial charge in [-0.25, -0.2) is 8.42 Å². The molecule has 1 atom stereocenters. The second-order valence-electron chi connectivity index (χ2n) is 7.01. The van der Waals surface area contributed by atoms with Crippen molar-refractivity contribution in [3.05, 3.63) is 48.3 Å². The molecule has 2 aromatic rings. The number of benzene rings is 1. The van der Waals surface area contributed by atoms with Crippen LogP contribution < -0.4 is 4.74 Å². The number of likely N-dealkylation sites (tertiary alicyclic amines) is 1. The lowest BCUT2D eigenvalue weighted by Crippen LogP contribution is -2.70. The molecule has 2 aliphatic rings. The molecular formula is C18H21N3O5S. The van der Waals surface area contributed by atoms with E-state index in [9.17, 15) is 13.2 Å². The van der Waals surface area contributed by atoms with Crippen molar-refractivity contribution in [3.8, 4) is 5.75 Å². The number of hydrogen-bond donors (Lipinski definition) is 0.